The Balaban J connectivity index is 0.000000205. The molecule has 6 rings (SSSR count). The summed E-state index contributed by atoms with van der Waals surface area (Å²) in [5.41, 5.74) is 8.69. The van der Waals surface area contributed by atoms with Crippen LogP contribution in [0.25, 0.3) is 32.7 Å². The minimum absolute atomic E-state index is 0.210. The second kappa shape index (κ2) is 18.0. The van der Waals surface area contributed by atoms with Crippen molar-refractivity contribution in [1.82, 2.24) is 0 Å². The number of aryl methyl sites for hydroxylation is 1. The molecular weight excluding hydrogens is 671 g/mol. The molecule has 1 aliphatic rings. The van der Waals surface area contributed by atoms with Crippen LogP contribution in [0, 0.1) is 6.92 Å². The van der Waals surface area contributed by atoms with Crippen molar-refractivity contribution in [3.05, 3.63) is 107 Å². The van der Waals surface area contributed by atoms with Crippen molar-refractivity contribution in [3.63, 3.8) is 0 Å². The van der Waals surface area contributed by atoms with E-state index in [0.717, 1.165) is 15.4 Å². The average Bonchev–Trinajstić information content (AvgIpc) is 3.76. The second-order valence-electron chi connectivity index (χ2n) is 13.2. The molecule has 1 saturated carbocycles. The summed E-state index contributed by atoms with van der Waals surface area (Å²) in [4.78, 5) is 0. The standard InChI is InChI=1S/C20H21.C18H23.C2H6Si.2ClH.Zr/c1-14-12-16-6-5-7-18(19(16)13-14)15-8-10-17(11-9-15)20(2,3)4;1-3-13(2)17-10-6-9-15-11-16(12-18(15)17)14-7-4-5-8-14;1-3-2;;;/h5-13H,1-4H3;6,9-14H,3-5,7-8H2,1-2H3;1-2H3;2*1H;/q2*-1;;;;+4/p-2. The topological polar surface area (TPSA) is 0 Å². The zero-order valence-corrected chi connectivity index (χ0v) is 33.0. The van der Waals surface area contributed by atoms with Gasteiger partial charge in [-0.3, -0.25) is 0 Å². The zero-order valence-electron chi connectivity index (χ0n) is 28.0. The van der Waals surface area contributed by atoms with Gasteiger partial charge in [-0.1, -0.05) is 121 Å². The van der Waals surface area contributed by atoms with E-state index in [9.17, 15) is 0 Å². The van der Waals surface area contributed by atoms with Gasteiger partial charge in [0, 0.05) is 9.52 Å². The van der Waals surface area contributed by atoms with E-state index in [1.165, 1.54) is 75.9 Å². The van der Waals surface area contributed by atoms with Crippen molar-refractivity contribution in [3.8, 4) is 11.1 Å². The van der Waals surface area contributed by atoms with E-state index in [2.05, 4.69) is 140 Å². The zero-order chi connectivity index (χ0) is 32.3. The van der Waals surface area contributed by atoms with Crippen LogP contribution in [-0.2, 0) is 26.3 Å². The monoisotopic (exact) mass is 718 g/mol. The molecule has 1 aliphatic carbocycles. The number of hydrogen-bond donors (Lipinski definition) is 0. The normalized spacial score (nSPS) is 13.7. The van der Waals surface area contributed by atoms with Crippen molar-refractivity contribution < 1.29 is 20.8 Å². The van der Waals surface area contributed by atoms with Crippen molar-refractivity contribution >= 4 is 48.1 Å². The van der Waals surface area contributed by atoms with Crippen LogP contribution < -0.4 is 0 Å². The second-order valence-corrected chi connectivity index (χ2v) is 17.9. The molecule has 0 bridgehead atoms. The van der Waals surface area contributed by atoms with Crippen LogP contribution in [0.1, 0.15) is 101 Å². The molecule has 0 amide bonds. The summed E-state index contributed by atoms with van der Waals surface area (Å²) >= 11 is -0.826. The Morgan fingerprint density at radius 3 is 2.00 bits per heavy atom. The Morgan fingerprint density at radius 1 is 0.864 bits per heavy atom. The van der Waals surface area contributed by atoms with E-state index in [4.69, 9.17) is 17.0 Å². The number of fused-ring (bicyclic) bond motifs is 2. The molecule has 0 saturated heterocycles. The molecule has 0 nitrogen and oxygen atoms in total. The van der Waals surface area contributed by atoms with Crippen molar-refractivity contribution in [2.75, 3.05) is 0 Å². The van der Waals surface area contributed by atoms with Crippen LogP contribution in [0.4, 0.5) is 0 Å². The molecule has 1 unspecified atom stereocenters. The van der Waals surface area contributed by atoms with Gasteiger partial charge in [0.25, 0.3) is 0 Å². The summed E-state index contributed by atoms with van der Waals surface area (Å²) < 4.78 is 0. The molecule has 0 aliphatic heterocycles. The molecule has 0 aromatic heterocycles. The summed E-state index contributed by atoms with van der Waals surface area (Å²) in [6.45, 7) is 17.9. The first kappa shape index (κ1) is 37.0. The van der Waals surface area contributed by atoms with Crippen LogP contribution >= 0.6 is 17.0 Å². The summed E-state index contributed by atoms with van der Waals surface area (Å²) in [6, 6.07) is 31.8. The first-order chi connectivity index (χ1) is 21.1. The maximum atomic E-state index is 4.93. The van der Waals surface area contributed by atoms with Crippen molar-refractivity contribution in [1.29, 1.82) is 0 Å². The van der Waals surface area contributed by atoms with Crippen LogP contribution in [0.2, 0.25) is 13.1 Å². The van der Waals surface area contributed by atoms with Gasteiger partial charge < -0.3 is 0 Å². The van der Waals surface area contributed by atoms with Gasteiger partial charge >= 0.3 is 37.9 Å². The quantitative estimate of drug-likeness (QED) is 0.128. The van der Waals surface area contributed by atoms with Crippen molar-refractivity contribution in [2.24, 2.45) is 0 Å². The summed E-state index contributed by atoms with van der Waals surface area (Å²) in [5.74, 6) is 1.51. The molecule has 0 spiro atoms. The Morgan fingerprint density at radius 2 is 1.43 bits per heavy atom. The summed E-state index contributed by atoms with van der Waals surface area (Å²) in [6.07, 6.45) is 6.86. The molecule has 44 heavy (non-hydrogen) atoms. The van der Waals surface area contributed by atoms with Crippen molar-refractivity contribution in [2.45, 2.75) is 104 Å². The van der Waals surface area contributed by atoms with Crippen LogP contribution in [0.3, 0.4) is 0 Å². The van der Waals surface area contributed by atoms with E-state index in [1.807, 2.05) is 0 Å². The number of benzene rings is 3. The Kier molecular flexibility index (Phi) is 15.2. The number of rotatable bonds is 4. The molecule has 5 aromatic rings. The van der Waals surface area contributed by atoms with Gasteiger partial charge in [0.1, 0.15) is 0 Å². The average molecular weight is 721 g/mol. The van der Waals surface area contributed by atoms with Crippen LogP contribution in [0.15, 0.2) is 84.9 Å². The number of hydrogen-bond acceptors (Lipinski definition) is 0. The van der Waals surface area contributed by atoms with Crippen LogP contribution in [0.5, 0.6) is 0 Å². The molecule has 1 fully saturated rings. The molecule has 5 aromatic carbocycles. The molecule has 232 valence electrons. The van der Waals surface area contributed by atoms with Gasteiger partial charge in [-0.2, -0.15) is 12.1 Å². The fourth-order valence-electron chi connectivity index (χ4n) is 6.21. The third-order valence-electron chi connectivity index (χ3n) is 8.73. The summed E-state index contributed by atoms with van der Waals surface area (Å²) in [7, 11) is 11.0. The molecule has 4 heteroatoms. The van der Waals surface area contributed by atoms with E-state index in [-0.39, 0.29) is 5.41 Å². The fourth-order valence-corrected chi connectivity index (χ4v) is 6.21. The predicted octanol–water partition coefficient (Wildman–Crippen LogP) is 13.7. The molecule has 0 heterocycles. The molecule has 0 N–H and O–H groups in total. The Labute approximate surface area is 289 Å². The SMILES string of the molecule is CCC(C)c1cccc2[cH-]c(C3CCCC3)cc12.C[Si]C.Cc1cc2c(-c3ccc(C(C)(C)C)cc3)cccc2[cH-]1.[Cl][Zr+2][Cl]. The maximum absolute atomic E-state index is 4.93. The van der Waals surface area contributed by atoms with Gasteiger partial charge in [-0.05, 0) is 41.2 Å². The summed E-state index contributed by atoms with van der Waals surface area (Å²) in [5, 5.41) is 5.65. The third kappa shape index (κ3) is 10.0. The van der Waals surface area contributed by atoms with E-state index >= 15 is 0 Å². The Hall–Kier alpha value is -1.44. The molecule has 1 atom stereocenters. The molecule has 2 radical (unpaired) electrons. The number of halogens is 2. The fraction of sp³-hybridized carbons (Fsp3) is 0.400. The third-order valence-corrected chi connectivity index (χ3v) is 8.73. The van der Waals surface area contributed by atoms with E-state index in [1.54, 1.807) is 11.1 Å². The first-order valence-electron chi connectivity index (χ1n) is 16.1. The Bertz CT molecular complexity index is 1550. The molecular formula is C40H50Cl2SiZr. The van der Waals surface area contributed by atoms with Crippen LogP contribution in [-0.4, -0.2) is 9.52 Å². The van der Waals surface area contributed by atoms with E-state index < -0.39 is 20.8 Å². The first-order valence-corrected chi connectivity index (χ1v) is 24.4. The van der Waals surface area contributed by atoms with Gasteiger partial charge in [0.05, 0.1) is 0 Å². The van der Waals surface area contributed by atoms with Gasteiger partial charge in [0.2, 0.25) is 0 Å². The minimum atomic E-state index is -0.826. The van der Waals surface area contributed by atoms with Gasteiger partial charge in [0.15, 0.2) is 0 Å². The van der Waals surface area contributed by atoms with E-state index in [0.29, 0.717) is 5.92 Å². The van der Waals surface area contributed by atoms with Gasteiger partial charge in [-0.25, -0.2) is 0 Å². The van der Waals surface area contributed by atoms with Gasteiger partial charge in [-0.15, -0.1) is 69.1 Å². The predicted molar refractivity (Wildman–Crippen MR) is 197 cm³/mol.